The first-order valence-electron chi connectivity index (χ1n) is 12.9. The molecule has 0 saturated carbocycles. The molecule has 0 saturated heterocycles. The summed E-state index contributed by atoms with van der Waals surface area (Å²) in [5.74, 6) is 0. The zero-order chi connectivity index (χ0) is 28.2. The fourth-order valence-corrected chi connectivity index (χ4v) is 3.89. The Kier molecular flexibility index (Phi) is 40.6. The van der Waals surface area contributed by atoms with Gasteiger partial charge in [-0.2, -0.15) is 0 Å². The maximum Gasteiger partial charge on any atom is 3.00 e. The number of rotatable bonds is 18. The van der Waals surface area contributed by atoms with Gasteiger partial charge in [-0.1, -0.05) is 90.5 Å². The quantitative estimate of drug-likeness (QED) is 0.0482. The van der Waals surface area contributed by atoms with E-state index in [1.165, 1.54) is 57.8 Å². The molecule has 0 aliphatic rings. The van der Waals surface area contributed by atoms with Gasteiger partial charge in [-0.3, -0.25) is 0 Å². The predicted molar refractivity (Wildman–Crippen MR) is 184 cm³/mol. The molecule has 0 spiro atoms. The van der Waals surface area contributed by atoms with Gasteiger partial charge in [0.1, 0.15) is 0 Å². The van der Waals surface area contributed by atoms with Crippen molar-refractivity contribution < 1.29 is 17.1 Å². The molecule has 0 aromatic rings. The Hall–Kier alpha value is 0.0695. The summed E-state index contributed by atoms with van der Waals surface area (Å²) in [4.78, 5) is 6.02. The van der Waals surface area contributed by atoms with Crippen LogP contribution in [0.4, 0.5) is 0 Å². The van der Waals surface area contributed by atoms with Crippen molar-refractivity contribution in [3.63, 3.8) is 0 Å². The van der Waals surface area contributed by atoms with Crippen LogP contribution >= 0.6 is 36.7 Å². The van der Waals surface area contributed by atoms with Gasteiger partial charge in [0.15, 0.2) is 0 Å². The van der Waals surface area contributed by atoms with Crippen LogP contribution in [0.5, 0.6) is 0 Å². The predicted octanol–water partition coefficient (Wildman–Crippen LogP) is 7.49. The smallest absolute Gasteiger partial charge is 0.411 e. The molecule has 3 nitrogen and oxygen atoms in total. The summed E-state index contributed by atoms with van der Waals surface area (Å²) in [6.45, 7) is 22.8. The number of thiocarbonyl (C=S) groups is 3. The second-order valence-electron chi connectivity index (χ2n) is 8.12. The Morgan fingerprint density at radius 1 is 0.541 bits per heavy atom. The third-order valence-corrected chi connectivity index (χ3v) is 6.47. The minimum absolute atomic E-state index is 0. The Bertz CT molecular complexity index is 524. The van der Waals surface area contributed by atoms with Crippen LogP contribution < -0.4 is 0 Å². The first-order valence-corrected chi connectivity index (χ1v) is 15.3. The van der Waals surface area contributed by atoms with Crippen LogP contribution in [0.3, 0.4) is 0 Å². The first-order chi connectivity index (χ1) is 17.2. The van der Waals surface area contributed by atoms with Crippen LogP contribution in [0.25, 0.3) is 0 Å². The van der Waals surface area contributed by atoms with Crippen molar-refractivity contribution >= 4 is 87.5 Å². The van der Waals surface area contributed by atoms with Crippen molar-refractivity contribution in [3.8, 4) is 0 Å². The van der Waals surface area contributed by atoms with E-state index >= 15 is 0 Å². The van der Waals surface area contributed by atoms with E-state index in [-0.39, 0.29) is 17.1 Å². The fourth-order valence-electron chi connectivity index (χ4n) is 2.90. The van der Waals surface area contributed by atoms with Crippen molar-refractivity contribution in [1.29, 1.82) is 0 Å². The minimum atomic E-state index is 0. The van der Waals surface area contributed by atoms with Gasteiger partial charge in [-0.05, 0) is 19.3 Å². The number of nitrogens with zero attached hydrogens (tertiary/aromatic N) is 3. The Morgan fingerprint density at radius 2 is 0.757 bits per heavy atom. The van der Waals surface area contributed by atoms with Gasteiger partial charge in [0, 0.05) is 39.3 Å². The average Bonchev–Trinajstić information content (AvgIpc) is 2.83. The molecule has 0 N–H and O–H groups in total. The zero-order valence-electron chi connectivity index (χ0n) is 23.1. The van der Waals surface area contributed by atoms with Gasteiger partial charge < -0.3 is 89.2 Å². The summed E-state index contributed by atoms with van der Waals surface area (Å²) in [5.41, 5.74) is 0. The normalized spacial score (nSPS) is 9.16. The van der Waals surface area contributed by atoms with E-state index in [2.05, 4.69) is 40.5 Å². The van der Waals surface area contributed by atoms with Crippen molar-refractivity contribution in [2.45, 2.75) is 78.6 Å². The van der Waals surface area contributed by atoms with Gasteiger partial charge >= 0.3 is 17.1 Å². The molecule has 0 aliphatic carbocycles. The monoisotopic (exact) mass is 662 g/mol. The average molecular weight is 663 g/mol. The van der Waals surface area contributed by atoms with Crippen LogP contribution in [-0.2, 0) is 55.0 Å². The maximum atomic E-state index is 4.92. The SMILES string of the molecule is C=CCN(CCCCC)C(=S)[S-].C=CCN(CCCCC)C(=S)[S-].C=CCN(CCCCC)C(=S)[S-].[Fe+3]. The van der Waals surface area contributed by atoms with Crippen molar-refractivity contribution in [3.05, 3.63) is 38.0 Å². The Morgan fingerprint density at radius 3 is 0.892 bits per heavy atom. The second kappa shape index (κ2) is 34.1. The molecule has 0 amide bonds. The molecule has 1 radical (unpaired) electrons. The fraction of sp³-hybridized carbons (Fsp3) is 0.667. The van der Waals surface area contributed by atoms with Gasteiger partial charge in [-0.15, -0.1) is 19.7 Å². The zero-order valence-corrected chi connectivity index (χ0v) is 29.1. The largest absolute Gasteiger partial charge is 3.00 e. The third-order valence-electron chi connectivity index (χ3n) is 4.92. The van der Waals surface area contributed by atoms with Gasteiger partial charge in [0.05, 0.1) is 0 Å². The number of hydrogen-bond donors (Lipinski definition) is 0. The molecule has 0 fully saturated rings. The molecule has 37 heavy (non-hydrogen) atoms. The van der Waals surface area contributed by atoms with Crippen LogP contribution in [0, 0.1) is 0 Å². The molecular weight excluding hydrogens is 615 g/mol. The molecule has 10 heteroatoms. The number of unbranched alkanes of at least 4 members (excludes halogenated alkanes) is 6. The summed E-state index contributed by atoms with van der Waals surface area (Å²) in [7, 11) is 0. The van der Waals surface area contributed by atoms with Crippen LogP contribution in [0.15, 0.2) is 38.0 Å². The molecule has 215 valence electrons. The van der Waals surface area contributed by atoms with Gasteiger partial charge in [-0.25, -0.2) is 0 Å². The molecule has 0 heterocycles. The molecule has 0 unspecified atom stereocenters. The molecule has 0 bridgehead atoms. The van der Waals surface area contributed by atoms with Crippen LogP contribution in [-0.4, -0.2) is 66.9 Å². The maximum absolute atomic E-state index is 4.92. The Balaban J connectivity index is -0.000000218. The van der Waals surface area contributed by atoms with Gasteiger partial charge in [0.25, 0.3) is 0 Å². The van der Waals surface area contributed by atoms with Crippen LogP contribution in [0.2, 0.25) is 0 Å². The minimum Gasteiger partial charge on any atom is -0.411 e. The van der Waals surface area contributed by atoms with E-state index in [9.17, 15) is 0 Å². The summed E-state index contributed by atoms with van der Waals surface area (Å²) in [5, 5.41) is 0. The summed E-state index contributed by atoms with van der Waals surface area (Å²) in [6, 6.07) is 0. The standard InChI is InChI=1S/3C9H17NS2.Fe/c3*1-3-5-6-8-10(7-4-2)9(11)12;/h3*4H,2-3,5-8H2,1H3,(H,11,12);/q;;;+3/p-3. The van der Waals surface area contributed by atoms with Crippen molar-refractivity contribution in [2.24, 2.45) is 0 Å². The van der Waals surface area contributed by atoms with Crippen molar-refractivity contribution in [1.82, 2.24) is 14.7 Å². The molecular formula is C27H48FeN3S6. The van der Waals surface area contributed by atoms with E-state index < -0.39 is 0 Å². The summed E-state index contributed by atoms with van der Waals surface area (Å²) in [6.07, 6.45) is 16.4. The van der Waals surface area contributed by atoms with Crippen LogP contribution in [0.1, 0.15) is 78.6 Å². The van der Waals surface area contributed by atoms with E-state index in [0.29, 0.717) is 13.0 Å². The van der Waals surface area contributed by atoms with Gasteiger partial charge in [0.2, 0.25) is 0 Å². The van der Waals surface area contributed by atoms with E-state index in [1.807, 2.05) is 32.9 Å². The Labute approximate surface area is 273 Å². The van der Waals surface area contributed by atoms with E-state index in [4.69, 9.17) is 74.5 Å². The molecule has 0 atom stereocenters. The number of hydrogen-bond acceptors (Lipinski definition) is 6. The molecule has 0 aromatic heterocycles. The molecule has 0 aliphatic heterocycles. The molecule has 0 aromatic carbocycles. The van der Waals surface area contributed by atoms with E-state index in [1.54, 1.807) is 0 Å². The van der Waals surface area contributed by atoms with E-state index in [0.717, 1.165) is 39.3 Å². The topological polar surface area (TPSA) is 9.72 Å². The third kappa shape index (κ3) is 32.2. The second-order valence-corrected chi connectivity index (χ2v) is 11.2. The van der Waals surface area contributed by atoms with Crippen molar-refractivity contribution in [2.75, 3.05) is 39.3 Å². The summed E-state index contributed by atoms with van der Waals surface area (Å²) >= 11 is 29.5. The first kappa shape index (κ1) is 44.1. The summed E-state index contributed by atoms with van der Waals surface area (Å²) < 4.78 is 1.68. The molecule has 0 rings (SSSR count).